The summed E-state index contributed by atoms with van der Waals surface area (Å²) in [5.74, 6) is -0.182. The van der Waals surface area contributed by atoms with Gasteiger partial charge in [0.25, 0.3) is 5.91 Å². The van der Waals surface area contributed by atoms with Gasteiger partial charge in [-0.2, -0.15) is 0 Å². The Hall–Kier alpha value is -4.08. The highest BCUT2D eigenvalue weighted by molar-refractivity contribution is 6.10. The van der Waals surface area contributed by atoms with Gasteiger partial charge in [0, 0.05) is 11.5 Å². The molecule has 0 aliphatic rings. The molecule has 3 N–H and O–H groups in total. The number of pyridine rings is 1. The number of nitrogens with two attached hydrogens (primary N) is 1. The molecule has 0 unspecified atom stereocenters. The number of carbonyl (C=O) groups is 2. The van der Waals surface area contributed by atoms with Crippen LogP contribution in [0.15, 0.2) is 40.9 Å². The molecular formula is C19H17N7O3. The minimum Gasteiger partial charge on any atom is -0.366 e. The topological polar surface area (TPSA) is 142 Å². The van der Waals surface area contributed by atoms with Crippen LogP contribution in [-0.4, -0.2) is 36.9 Å². The number of nitrogens with one attached hydrogen (secondary N) is 1. The molecule has 4 rings (SSSR count). The first-order valence-electron chi connectivity index (χ1n) is 8.75. The fourth-order valence-corrected chi connectivity index (χ4v) is 2.94. The molecule has 0 saturated carbocycles. The van der Waals surface area contributed by atoms with Crippen LogP contribution >= 0.6 is 0 Å². The molecule has 10 nitrogen and oxygen atoms in total. The summed E-state index contributed by atoms with van der Waals surface area (Å²) < 4.78 is 6.64. The summed E-state index contributed by atoms with van der Waals surface area (Å²) in [5, 5.41) is 15.2. The Bertz CT molecular complexity index is 1240. The number of hydrogen-bond acceptors (Lipinski definition) is 7. The Morgan fingerprint density at radius 1 is 1.21 bits per heavy atom. The number of para-hydroxylation sites is 1. The first kappa shape index (κ1) is 18.3. The molecule has 4 aromatic rings. The zero-order valence-electron chi connectivity index (χ0n) is 15.7. The van der Waals surface area contributed by atoms with Crippen molar-refractivity contribution in [1.29, 1.82) is 0 Å². The van der Waals surface area contributed by atoms with Crippen molar-refractivity contribution in [3.63, 3.8) is 0 Å². The first-order chi connectivity index (χ1) is 13.9. The Morgan fingerprint density at radius 3 is 2.72 bits per heavy atom. The molecule has 146 valence electrons. The standard InChI is InChI=1S/C19H17N7O3/c1-10-7-12(24-29-10)9-26-11(2)18(23-25-26)22-19(28)16-8-14(17(20)27)13-5-3-4-6-15(13)21-16/h3-8H,9H2,1-2H3,(H2,20,27)(H,22,28). The van der Waals surface area contributed by atoms with E-state index in [4.69, 9.17) is 10.3 Å². The van der Waals surface area contributed by atoms with Crippen LogP contribution in [0.4, 0.5) is 5.82 Å². The molecule has 3 heterocycles. The van der Waals surface area contributed by atoms with Crippen LogP contribution in [0.2, 0.25) is 0 Å². The van der Waals surface area contributed by atoms with Gasteiger partial charge in [0.1, 0.15) is 17.1 Å². The number of hydrogen-bond donors (Lipinski definition) is 2. The third kappa shape index (κ3) is 3.55. The highest BCUT2D eigenvalue weighted by Gasteiger charge is 2.18. The van der Waals surface area contributed by atoms with Gasteiger partial charge in [-0.05, 0) is 26.0 Å². The average Bonchev–Trinajstić information content (AvgIpc) is 3.27. The SMILES string of the molecule is Cc1cc(Cn2nnc(NC(=O)c3cc(C(N)=O)c4ccccc4n3)c2C)no1. The molecule has 29 heavy (non-hydrogen) atoms. The largest absolute Gasteiger partial charge is 0.366 e. The summed E-state index contributed by atoms with van der Waals surface area (Å²) in [4.78, 5) is 28.9. The zero-order chi connectivity index (χ0) is 20.5. The van der Waals surface area contributed by atoms with Crippen molar-refractivity contribution >= 4 is 28.5 Å². The van der Waals surface area contributed by atoms with Gasteiger partial charge in [0.15, 0.2) is 5.82 Å². The van der Waals surface area contributed by atoms with E-state index in [-0.39, 0.29) is 17.1 Å². The molecular weight excluding hydrogens is 374 g/mol. The summed E-state index contributed by atoms with van der Waals surface area (Å²) in [6, 6.07) is 10.1. The van der Waals surface area contributed by atoms with E-state index in [1.807, 2.05) is 0 Å². The summed E-state index contributed by atoms with van der Waals surface area (Å²) in [6.07, 6.45) is 0. The molecule has 0 bridgehead atoms. The molecule has 10 heteroatoms. The lowest BCUT2D eigenvalue weighted by Crippen LogP contribution is -2.18. The number of amides is 2. The molecule has 0 aliphatic carbocycles. The summed E-state index contributed by atoms with van der Waals surface area (Å²) in [5.41, 5.74) is 7.57. The third-order valence-electron chi connectivity index (χ3n) is 4.42. The maximum atomic E-state index is 12.7. The van der Waals surface area contributed by atoms with Crippen LogP contribution in [-0.2, 0) is 6.54 Å². The Kier molecular flexibility index (Phi) is 4.51. The van der Waals surface area contributed by atoms with Crippen molar-refractivity contribution in [2.24, 2.45) is 5.73 Å². The van der Waals surface area contributed by atoms with E-state index < -0.39 is 11.8 Å². The predicted octanol–water partition coefficient (Wildman–Crippen LogP) is 1.83. The molecule has 0 spiro atoms. The minimum atomic E-state index is -0.636. The van der Waals surface area contributed by atoms with E-state index in [1.54, 1.807) is 48.9 Å². The van der Waals surface area contributed by atoms with E-state index in [0.717, 1.165) is 0 Å². The van der Waals surface area contributed by atoms with Gasteiger partial charge >= 0.3 is 0 Å². The van der Waals surface area contributed by atoms with Crippen molar-refractivity contribution in [3.05, 3.63) is 64.8 Å². The van der Waals surface area contributed by atoms with Crippen LogP contribution in [0.25, 0.3) is 10.9 Å². The van der Waals surface area contributed by atoms with Crippen molar-refractivity contribution < 1.29 is 14.1 Å². The van der Waals surface area contributed by atoms with E-state index in [2.05, 4.69) is 25.8 Å². The number of anilines is 1. The second-order valence-electron chi connectivity index (χ2n) is 6.50. The van der Waals surface area contributed by atoms with Gasteiger partial charge in [0.05, 0.1) is 23.3 Å². The lowest BCUT2D eigenvalue weighted by Gasteiger charge is -2.07. The van der Waals surface area contributed by atoms with Gasteiger partial charge in [-0.25, -0.2) is 9.67 Å². The van der Waals surface area contributed by atoms with Crippen LogP contribution in [0.3, 0.4) is 0 Å². The van der Waals surface area contributed by atoms with E-state index in [9.17, 15) is 9.59 Å². The number of rotatable bonds is 5. The fourth-order valence-electron chi connectivity index (χ4n) is 2.94. The lowest BCUT2D eigenvalue weighted by atomic mass is 10.1. The van der Waals surface area contributed by atoms with Crippen LogP contribution in [0.1, 0.15) is 38.0 Å². The molecule has 1 aromatic carbocycles. The fraction of sp³-hybridized carbons (Fsp3) is 0.158. The van der Waals surface area contributed by atoms with Crippen molar-refractivity contribution in [3.8, 4) is 0 Å². The molecule has 0 radical (unpaired) electrons. The number of primary amides is 1. The normalized spacial score (nSPS) is 11.0. The van der Waals surface area contributed by atoms with Crippen LogP contribution in [0.5, 0.6) is 0 Å². The first-order valence-corrected chi connectivity index (χ1v) is 8.75. The average molecular weight is 391 g/mol. The van der Waals surface area contributed by atoms with Gasteiger partial charge in [-0.3, -0.25) is 9.59 Å². The summed E-state index contributed by atoms with van der Waals surface area (Å²) >= 11 is 0. The van der Waals surface area contributed by atoms with Crippen molar-refractivity contribution in [2.75, 3.05) is 5.32 Å². The van der Waals surface area contributed by atoms with Gasteiger partial charge in [0.2, 0.25) is 5.91 Å². The minimum absolute atomic E-state index is 0.0542. The van der Waals surface area contributed by atoms with Gasteiger partial charge in [-0.1, -0.05) is 28.6 Å². The van der Waals surface area contributed by atoms with E-state index >= 15 is 0 Å². The smallest absolute Gasteiger partial charge is 0.275 e. The third-order valence-corrected chi connectivity index (χ3v) is 4.42. The second-order valence-corrected chi connectivity index (χ2v) is 6.50. The molecule has 0 fully saturated rings. The van der Waals surface area contributed by atoms with E-state index in [1.165, 1.54) is 6.07 Å². The molecule has 2 amide bonds. The number of benzene rings is 1. The summed E-state index contributed by atoms with van der Waals surface area (Å²) in [6.45, 7) is 3.92. The maximum absolute atomic E-state index is 12.7. The van der Waals surface area contributed by atoms with Crippen LogP contribution in [0, 0.1) is 13.8 Å². The number of fused-ring (bicyclic) bond motifs is 1. The molecule has 0 saturated heterocycles. The predicted molar refractivity (Wildman–Crippen MR) is 103 cm³/mol. The lowest BCUT2D eigenvalue weighted by molar-refractivity contribution is 0.100. The summed E-state index contributed by atoms with van der Waals surface area (Å²) in [7, 11) is 0. The maximum Gasteiger partial charge on any atom is 0.275 e. The number of aromatic nitrogens is 5. The highest BCUT2D eigenvalue weighted by atomic mass is 16.5. The monoisotopic (exact) mass is 391 g/mol. The number of carbonyl (C=O) groups excluding carboxylic acids is 2. The highest BCUT2D eigenvalue weighted by Crippen LogP contribution is 2.19. The second kappa shape index (κ2) is 7.15. The number of nitrogens with zero attached hydrogens (tertiary/aromatic N) is 5. The Morgan fingerprint density at radius 2 is 2.00 bits per heavy atom. The quantitative estimate of drug-likeness (QED) is 0.528. The zero-order valence-corrected chi connectivity index (χ0v) is 15.7. The number of aryl methyl sites for hydroxylation is 1. The van der Waals surface area contributed by atoms with Crippen molar-refractivity contribution in [1.82, 2.24) is 25.1 Å². The molecule has 0 aliphatic heterocycles. The molecule has 0 atom stereocenters. The van der Waals surface area contributed by atoms with Crippen molar-refractivity contribution in [2.45, 2.75) is 20.4 Å². The van der Waals surface area contributed by atoms with Crippen LogP contribution < -0.4 is 11.1 Å². The van der Waals surface area contributed by atoms with Gasteiger partial charge in [-0.15, -0.1) is 5.10 Å². The Balaban J connectivity index is 1.61. The van der Waals surface area contributed by atoms with E-state index in [0.29, 0.717) is 34.6 Å². The molecule has 3 aromatic heterocycles. The van der Waals surface area contributed by atoms with Gasteiger partial charge < -0.3 is 15.6 Å². The Labute approximate surface area is 164 Å².